The zero-order valence-electron chi connectivity index (χ0n) is 11.0. The van der Waals surface area contributed by atoms with E-state index in [1.165, 1.54) is 11.8 Å². The van der Waals surface area contributed by atoms with E-state index in [9.17, 15) is 9.90 Å². The quantitative estimate of drug-likeness (QED) is 0.774. The summed E-state index contributed by atoms with van der Waals surface area (Å²) in [6, 6.07) is 5.83. The summed E-state index contributed by atoms with van der Waals surface area (Å²) >= 11 is 1.37. The third-order valence-corrected chi connectivity index (χ3v) is 4.07. The van der Waals surface area contributed by atoms with E-state index < -0.39 is 6.10 Å². The summed E-state index contributed by atoms with van der Waals surface area (Å²) in [5.74, 6) is 0.445. The summed E-state index contributed by atoms with van der Waals surface area (Å²) in [6.45, 7) is 5.45. The number of thioether (sulfide) groups is 1. The van der Waals surface area contributed by atoms with Crippen LogP contribution in [0.1, 0.15) is 28.4 Å². The number of rotatable bonds is 6. The van der Waals surface area contributed by atoms with Crippen molar-refractivity contribution in [3.05, 3.63) is 34.9 Å². The molecule has 0 bridgehead atoms. The molecule has 1 aromatic carbocycles. The van der Waals surface area contributed by atoms with Gasteiger partial charge in [-0.2, -0.15) is 0 Å². The smallest absolute Gasteiger partial charge is 0.175 e. The summed E-state index contributed by atoms with van der Waals surface area (Å²) < 4.78 is 0. The summed E-state index contributed by atoms with van der Waals surface area (Å²) in [5, 5.41) is 17.8. The molecule has 2 unspecified atom stereocenters. The van der Waals surface area contributed by atoms with Crippen molar-refractivity contribution in [2.24, 2.45) is 0 Å². The number of hydrogen-bond donors (Lipinski definition) is 2. The molecule has 0 spiro atoms. The van der Waals surface area contributed by atoms with Gasteiger partial charge in [-0.1, -0.05) is 17.7 Å². The molecule has 0 amide bonds. The molecule has 0 aromatic heterocycles. The highest BCUT2D eigenvalue weighted by atomic mass is 32.2. The molecule has 1 aromatic rings. The predicted molar refractivity (Wildman–Crippen MR) is 75.3 cm³/mol. The maximum Gasteiger partial charge on any atom is 0.175 e. The highest BCUT2D eigenvalue weighted by molar-refractivity contribution is 8.00. The van der Waals surface area contributed by atoms with E-state index in [-0.39, 0.29) is 17.6 Å². The summed E-state index contributed by atoms with van der Waals surface area (Å²) in [7, 11) is 0. The Labute approximate surface area is 112 Å². The Hall–Kier alpha value is -0.840. The first-order chi connectivity index (χ1) is 8.45. The molecular weight excluding hydrogens is 248 g/mol. The van der Waals surface area contributed by atoms with Crippen molar-refractivity contribution in [3.63, 3.8) is 0 Å². The van der Waals surface area contributed by atoms with Gasteiger partial charge in [-0.15, -0.1) is 11.8 Å². The van der Waals surface area contributed by atoms with Crippen molar-refractivity contribution in [3.8, 4) is 0 Å². The lowest BCUT2D eigenvalue weighted by Crippen LogP contribution is -2.21. The fraction of sp³-hybridized carbons (Fsp3) is 0.500. The lowest BCUT2D eigenvalue weighted by molar-refractivity contribution is 0.0991. The van der Waals surface area contributed by atoms with E-state index in [1.54, 1.807) is 0 Å². The van der Waals surface area contributed by atoms with Crippen molar-refractivity contribution in [1.29, 1.82) is 0 Å². The van der Waals surface area contributed by atoms with Gasteiger partial charge in [0.1, 0.15) is 0 Å². The predicted octanol–water partition coefficient (Wildman–Crippen LogP) is 1.96. The van der Waals surface area contributed by atoms with Crippen LogP contribution in [0.4, 0.5) is 0 Å². The van der Waals surface area contributed by atoms with Gasteiger partial charge in [-0.05, 0) is 32.4 Å². The molecule has 0 saturated carbocycles. The molecule has 4 heteroatoms. The van der Waals surface area contributed by atoms with E-state index in [0.29, 0.717) is 5.75 Å². The average Bonchev–Trinajstić information content (AvgIpc) is 2.37. The van der Waals surface area contributed by atoms with Crippen LogP contribution < -0.4 is 0 Å². The van der Waals surface area contributed by atoms with Gasteiger partial charge in [0.25, 0.3) is 0 Å². The van der Waals surface area contributed by atoms with Crippen molar-refractivity contribution in [1.82, 2.24) is 0 Å². The number of carbonyl (C=O) groups excluding carboxylic acids is 1. The third kappa shape index (κ3) is 4.12. The Morgan fingerprint density at radius 2 is 2.06 bits per heavy atom. The van der Waals surface area contributed by atoms with Gasteiger partial charge in [-0.25, -0.2) is 0 Å². The average molecular weight is 268 g/mol. The van der Waals surface area contributed by atoms with Crippen molar-refractivity contribution >= 4 is 17.5 Å². The van der Waals surface area contributed by atoms with Gasteiger partial charge < -0.3 is 10.2 Å². The van der Waals surface area contributed by atoms with Gasteiger partial charge in [0.2, 0.25) is 0 Å². The van der Waals surface area contributed by atoms with E-state index in [4.69, 9.17) is 5.11 Å². The summed E-state index contributed by atoms with van der Waals surface area (Å²) in [4.78, 5) is 12.3. The molecule has 0 aliphatic heterocycles. The number of hydrogen-bond acceptors (Lipinski definition) is 4. The highest BCUT2D eigenvalue weighted by Gasteiger charge is 2.18. The van der Waals surface area contributed by atoms with E-state index in [0.717, 1.165) is 16.7 Å². The van der Waals surface area contributed by atoms with E-state index >= 15 is 0 Å². The number of aryl methyl sites for hydroxylation is 2. The second-order valence-corrected chi connectivity index (χ2v) is 5.87. The van der Waals surface area contributed by atoms with Gasteiger partial charge in [0.05, 0.1) is 18.0 Å². The third-order valence-electron chi connectivity index (χ3n) is 2.78. The number of aliphatic hydroxyl groups excluding tert-OH is 2. The van der Waals surface area contributed by atoms with Gasteiger partial charge in [0.15, 0.2) is 5.78 Å². The van der Waals surface area contributed by atoms with Crippen LogP contribution in [0.15, 0.2) is 18.2 Å². The zero-order chi connectivity index (χ0) is 13.7. The Morgan fingerprint density at radius 3 is 2.67 bits per heavy atom. The number of Topliss-reactive ketones (excluding diaryl/α,β-unsaturated/α-hetero) is 1. The minimum absolute atomic E-state index is 0.0753. The standard InChI is InChI=1S/C14H20O3S/c1-9-4-5-10(2)13(6-9)14(17)11(3)18-8-12(16)7-15/h4-6,11-12,15-16H,7-8H2,1-3H3. The van der Waals surface area contributed by atoms with E-state index in [2.05, 4.69) is 0 Å². The molecule has 0 saturated heterocycles. The van der Waals surface area contributed by atoms with Gasteiger partial charge in [-0.3, -0.25) is 4.79 Å². The number of aliphatic hydroxyl groups is 2. The summed E-state index contributed by atoms with van der Waals surface area (Å²) in [6.07, 6.45) is -0.760. The number of benzene rings is 1. The van der Waals surface area contributed by atoms with Gasteiger partial charge >= 0.3 is 0 Å². The molecule has 3 nitrogen and oxygen atoms in total. The molecule has 100 valence electrons. The SMILES string of the molecule is Cc1ccc(C)c(C(=O)C(C)SCC(O)CO)c1. The molecular formula is C14H20O3S. The molecule has 0 fully saturated rings. The number of carbonyl (C=O) groups is 1. The second-order valence-electron chi connectivity index (χ2n) is 4.49. The molecule has 0 radical (unpaired) electrons. The monoisotopic (exact) mass is 268 g/mol. The topological polar surface area (TPSA) is 57.5 Å². The van der Waals surface area contributed by atoms with Crippen LogP contribution in [-0.4, -0.2) is 39.7 Å². The Bertz CT molecular complexity index is 418. The Kier molecular flexibility index (Phi) is 5.85. The zero-order valence-corrected chi connectivity index (χ0v) is 11.8. The van der Waals surface area contributed by atoms with Crippen LogP contribution in [0.25, 0.3) is 0 Å². The van der Waals surface area contributed by atoms with Crippen molar-refractivity contribution in [2.75, 3.05) is 12.4 Å². The van der Waals surface area contributed by atoms with Gasteiger partial charge in [0, 0.05) is 11.3 Å². The highest BCUT2D eigenvalue weighted by Crippen LogP contribution is 2.20. The first-order valence-electron chi connectivity index (χ1n) is 5.97. The molecule has 0 aliphatic rings. The van der Waals surface area contributed by atoms with Crippen LogP contribution in [0.5, 0.6) is 0 Å². The molecule has 18 heavy (non-hydrogen) atoms. The number of ketones is 1. The second kappa shape index (κ2) is 6.92. The van der Waals surface area contributed by atoms with Crippen LogP contribution in [0.2, 0.25) is 0 Å². The van der Waals surface area contributed by atoms with Crippen LogP contribution in [-0.2, 0) is 0 Å². The first kappa shape index (κ1) is 15.2. The van der Waals surface area contributed by atoms with E-state index in [1.807, 2.05) is 39.0 Å². The molecule has 1 rings (SSSR count). The van der Waals surface area contributed by atoms with Crippen LogP contribution >= 0.6 is 11.8 Å². The minimum Gasteiger partial charge on any atom is -0.394 e. The minimum atomic E-state index is -0.760. The Morgan fingerprint density at radius 1 is 1.39 bits per heavy atom. The lowest BCUT2D eigenvalue weighted by atomic mass is 10.0. The van der Waals surface area contributed by atoms with Crippen molar-refractivity contribution in [2.45, 2.75) is 32.1 Å². The molecule has 0 heterocycles. The summed E-state index contributed by atoms with van der Waals surface area (Å²) in [5.41, 5.74) is 2.78. The molecule has 2 atom stereocenters. The van der Waals surface area contributed by atoms with Crippen LogP contribution in [0.3, 0.4) is 0 Å². The van der Waals surface area contributed by atoms with Crippen molar-refractivity contribution < 1.29 is 15.0 Å². The maximum absolute atomic E-state index is 12.3. The fourth-order valence-corrected chi connectivity index (χ4v) is 2.50. The fourth-order valence-electron chi connectivity index (χ4n) is 1.60. The maximum atomic E-state index is 12.3. The lowest BCUT2D eigenvalue weighted by Gasteiger charge is -2.14. The molecule has 2 N–H and O–H groups in total. The largest absolute Gasteiger partial charge is 0.394 e. The first-order valence-corrected chi connectivity index (χ1v) is 7.02. The Balaban J connectivity index is 2.71. The molecule has 0 aliphatic carbocycles. The van der Waals surface area contributed by atoms with Crippen LogP contribution in [0, 0.1) is 13.8 Å². The normalized spacial score (nSPS) is 14.3.